The Hall–Kier alpha value is -2.60. The van der Waals surface area contributed by atoms with Gasteiger partial charge in [0.1, 0.15) is 24.0 Å². The smallest absolute Gasteiger partial charge is 0.286 e. The number of nitrogens with zero attached hydrogens (tertiary/aromatic N) is 4. The molecule has 1 aliphatic rings. The Morgan fingerprint density at radius 3 is 2.50 bits per heavy atom. The van der Waals surface area contributed by atoms with Crippen molar-refractivity contribution in [2.24, 2.45) is 0 Å². The standard InChI is InChI=1S/C21H30N6O4S/c1-3-26-10-12-27(13-11-26)9-8-22-18(28)14-31-15-19-24-25-21(32-19)20(29)23-16-4-6-17(30-2)7-5-16/h4-7H,3,8-15H2,1-2H3,(H,22,28)(H,23,29). The lowest BCUT2D eigenvalue weighted by Gasteiger charge is -2.33. The van der Waals surface area contributed by atoms with Crippen molar-refractivity contribution in [2.75, 3.05) is 64.8 Å². The largest absolute Gasteiger partial charge is 0.497 e. The Balaban J connectivity index is 1.31. The second-order valence-electron chi connectivity index (χ2n) is 7.30. The molecule has 1 aromatic heterocycles. The molecule has 0 bridgehead atoms. The minimum absolute atomic E-state index is 0.0590. The molecule has 0 spiro atoms. The van der Waals surface area contributed by atoms with Crippen LogP contribution >= 0.6 is 11.3 Å². The number of aromatic nitrogens is 2. The van der Waals surface area contributed by atoms with Crippen LogP contribution in [0.25, 0.3) is 0 Å². The van der Waals surface area contributed by atoms with Crippen LogP contribution in [0.15, 0.2) is 24.3 Å². The first kappa shape index (κ1) is 24.1. The number of piperazine rings is 1. The monoisotopic (exact) mass is 462 g/mol. The number of carbonyl (C=O) groups excluding carboxylic acids is 2. The first-order valence-corrected chi connectivity index (χ1v) is 11.5. The highest BCUT2D eigenvalue weighted by Crippen LogP contribution is 2.17. The molecule has 0 radical (unpaired) electrons. The molecule has 2 aromatic rings. The fourth-order valence-electron chi connectivity index (χ4n) is 3.23. The second-order valence-corrected chi connectivity index (χ2v) is 8.36. The summed E-state index contributed by atoms with van der Waals surface area (Å²) in [6.45, 7) is 9.00. The number of hydrogen-bond donors (Lipinski definition) is 2. The minimum Gasteiger partial charge on any atom is -0.497 e. The average molecular weight is 463 g/mol. The number of ether oxygens (including phenoxy) is 2. The molecule has 1 aromatic carbocycles. The molecule has 174 valence electrons. The molecule has 0 saturated carbocycles. The van der Waals surface area contributed by atoms with E-state index in [9.17, 15) is 9.59 Å². The van der Waals surface area contributed by atoms with Gasteiger partial charge in [-0.1, -0.05) is 18.3 Å². The molecule has 2 heterocycles. The average Bonchev–Trinajstić information content (AvgIpc) is 3.29. The van der Waals surface area contributed by atoms with Gasteiger partial charge in [-0.05, 0) is 30.8 Å². The van der Waals surface area contributed by atoms with E-state index < -0.39 is 0 Å². The zero-order valence-electron chi connectivity index (χ0n) is 18.5. The summed E-state index contributed by atoms with van der Waals surface area (Å²) in [7, 11) is 1.58. The fraction of sp³-hybridized carbons (Fsp3) is 0.524. The summed E-state index contributed by atoms with van der Waals surface area (Å²) in [5, 5.41) is 14.3. The van der Waals surface area contributed by atoms with Gasteiger partial charge in [-0.15, -0.1) is 10.2 Å². The molecule has 1 aliphatic heterocycles. The Labute approximate surface area is 191 Å². The number of rotatable bonds is 11. The van der Waals surface area contributed by atoms with Crippen LogP contribution in [0.1, 0.15) is 21.7 Å². The number of likely N-dealkylation sites (N-methyl/N-ethyl adjacent to an activating group) is 1. The van der Waals surface area contributed by atoms with Crippen molar-refractivity contribution in [3.8, 4) is 5.75 Å². The predicted octanol–water partition coefficient (Wildman–Crippen LogP) is 1.07. The molecular formula is C21H30N6O4S. The van der Waals surface area contributed by atoms with Gasteiger partial charge in [-0.3, -0.25) is 14.5 Å². The third-order valence-electron chi connectivity index (χ3n) is 5.13. The number of methoxy groups -OCH3 is 1. The molecule has 10 nitrogen and oxygen atoms in total. The van der Waals surface area contributed by atoms with E-state index in [1.54, 1.807) is 31.4 Å². The van der Waals surface area contributed by atoms with Crippen molar-refractivity contribution in [3.63, 3.8) is 0 Å². The minimum atomic E-state index is -0.351. The maximum atomic E-state index is 12.3. The lowest BCUT2D eigenvalue weighted by atomic mass is 10.3. The van der Waals surface area contributed by atoms with E-state index in [4.69, 9.17) is 9.47 Å². The topological polar surface area (TPSA) is 109 Å². The van der Waals surface area contributed by atoms with E-state index in [1.165, 1.54) is 0 Å². The summed E-state index contributed by atoms with van der Waals surface area (Å²) in [5.41, 5.74) is 0.632. The number of amides is 2. The van der Waals surface area contributed by atoms with E-state index >= 15 is 0 Å². The second kappa shape index (κ2) is 12.4. The molecular weight excluding hydrogens is 432 g/mol. The van der Waals surface area contributed by atoms with Crippen LogP contribution in [0.3, 0.4) is 0 Å². The van der Waals surface area contributed by atoms with Gasteiger partial charge in [0.15, 0.2) is 0 Å². The molecule has 11 heteroatoms. The number of hydrogen-bond acceptors (Lipinski definition) is 9. The first-order chi connectivity index (χ1) is 15.6. The molecule has 0 atom stereocenters. The van der Waals surface area contributed by atoms with Gasteiger partial charge in [0, 0.05) is 45.0 Å². The maximum absolute atomic E-state index is 12.3. The Kier molecular flexibility index (Phi) is 9.35. The summed E-state index contributed by atoms with van der Waals surface area (Å²) in [6, 6.07) is 7.00. The third kappa shape index (κ3) is 7.52. The van der Waals surface area contributed by atoms with Crippen molar-refractivity contribution >= 4 is 28.8 Å². The lowest BCUT2D eigenvalue weighted by Crippen LogP contribution is -2.48. The van der Waals surface area contributed by atoms with Crippen LogP contribution in [-0.4, -0.2) is 91.3 Å². The van der Waals surface area contributed by atoms with Crippen molar-refractivity contribution in [1.82, 2.24) is 25.3 Å². The summed E-state index contributed by atoms with van der Waals surface area (Å²) in [5.74, 6) is 0.188. The number of anilines is 1. The van der Waals surface area contributed by atoms with Gasteiger partial charge in [0.2, 0.25) is 10.9 Å². The maximum Gasteiger partial charge on any atom is 0.286 e. The first-order valence-electron chi connectivity index (χ1n) is 10.6. The Bertz CT molecular complexity index is 867. The fourth-order valence-corrected chi connectivity index (χ4v) is 3.90. The quantitative estimate of drug-likeness (QED) is 0.511. The number of benzene rings is 1. The normalized spacial score (nSPS) is 14.8. The van der Waals surface area contributed by atoms with Crippen LogP contribution in [0.5, 0.6) is 5.75 Å². The van der Waals surface area contributed by atoms with Crippen LogP contribution < -0.4 is 15.4 Å². The van der Waals surface area contributed by atoms with Crippen LogP contribution in [0, 0.1) is 0 Å². The predicted molar refractivity (Wildman–Crippen MR) is 122 cm³/mol. The third-order valence-corrected chi connectivity index (χ3v) is 6.03. The van der Waals surface area contributed by atoms with Crippen LogP contribution in [0.2, 0.25) is 0 Å². The van der Waals surface area contributed by atoms with Crippen LogP contribution in [-0.2, 0) is 16.1 Å². The van der Waals surface area contributed by atoms with Crippen molar-refractivity contribution < 1.29 is 19.1 Å². The summed E-state index contributed by atoms with van der Waals surface area (Å²) < 4.78 is 10.5. The van der Waals surface area contributed by atoms with Gasteiger partial charge in [-0.25, -0.2) is 0 Å². The van der Waals surface area contributed by atoms with Gasteiger partial charge in [0.05, 0.1) is 7.11 Å². The van der Waals surface area contributed by atoms with E-state index in [0.717, 1.165) is 50.6 Å². The van der Waals surface area contributed by atoms with E-state index in [1.807, 2.05) is 0 Å². The molecule has 3 rings (SSSR count). The SMILES string of the molecule is CCN1CCN(CCNC(=O)COCc2nnc(C(=O)Nc3ccc(OC)cc3)s2)CC1. The van der Waals surface area contributed by atoms with Crippen molar-refractivity contribution in [1.29, 1.82) is 0 Å². The molecule has 2 amide bonds. The molecule has 32 heavy (non-hydrogen) atoms. The molecule has 2 N–H and O–H groups in total. The van der Waals surface area contributed by atoms with E-state index in [0.29, 0.717) is 23.0 Å². The Morgan fingerprint density at radius 1 is 1.09 bits per heavy atom. The van der Waals surface area contributed by atoms with Crippen LogP contribution in [0.4, 0.5) is 5.69 Å². The van der Waals surface area contributed by atoms with Gasteiger partial charge >= 0.3 is 0 Å². The summed E-state index contributed by atoms with van der Waals surface area (Å²) in [6.07, 6.45) is 0. The highest BCUT2D eigenvalue weighted by atomic mass is 32.1. The van der Waals surface area contributed by atoms with E-state index in [2.05, 4.69) is 37.6 Å². The lowest BCUT2D eigenvalue weighted by molar-refractivity contribution is -0.126. The van der Waals surface area contributed by atoms with Crippen molar-refractivity contribution in [2.45, 2.75) is 13.5 Å². The van der Waals surface area contributed by atoms with E-state index in [-0.39, 0.29) is 30.0 Å². The zero-order valence-corrected chi connectivity index (χ0v) is 19.3. The molecule has 0 unspecified atom stereocenters. The highest BCUT2D eigenvalue weighted by Gasteiger charge is 2.16. The van der Waals surface area contributed by atoms with Crippen molar-refractivity contribution in [3.05, 3.63) is 34.3 Å². The zero-order chi connectivity index (χ0) is 22.8. The van der Waals surface area contributed by atoms with Gasteiger partial charge in [0.25, 0.3) is 5.91 Å². The number of nitrogens with one attached hydrogen (secondary N) is 2. The van der Waals surface area contributed by atoms with Gasteiger partial charge in [-0.2, -0.15) is 0 Å². The summed E-state index contributed by atoms with van der Waals surface area (Å²) in [4.78, 5) is 29.0. The number of carbonyl (C=O) groups is 2. The summed E-state index contributed by atoms with van der Waals surface area (Å²) >= 11 is 1.13. The molecule has 1 fully saturated rings. The molecule has 1 saturated heterocycles. The molecule has 0 aliphatic carbocycles. The highest BCUT2D eigenvalue weighted by molar-refractivity contribution is 7.13. The Morgan fingerprint density at radius 2 is 1.81 bits per heavy atom. The van der Waals surface area contributed by atoms with Gasteiger partial charge < -0.3 is 25.0 Å².